The molecule has 6 rings (SSSR count). The van der Waals surface area contributed by atoms with Crippen LogP contribution < -0.4 is 20.1 Å². The van der Waals surface area contributed by atoms with Crippen LogP contribution in [0.15, 0.2) is 82.6 Å². The van der Waals surface area contributed by atoms with Crippen LogP contribution in [0.4, 0.5) is 0 Å². The minimum Gasteiger partial charge on any atom is -0.378 e. The lowest BCUT2D eigenvalue weighted by atomic mass is 9.85. The SMILES string of the molecule is CN1Cc2c(Cl)cc(Cl)cc2C(c2ccc(S(=O)(=O)NCCOCCOCCNC(=O)C(C)(C)C(=O)NCCOCCOCCNS(=O)(=O)c3ccc(C4CN(C)Cc5c(Cl)cc(Cl)cc54)cc3)cc2)C1. The van der Waals surface area contributed by atoms with Crippen LogP contribution in [0, 0.1) is 5.41 Å². The third-order valence-corrected chi connectivity index (χ3v) is 16.3. The molecule has 4 N–H and O–H groups in total. The van der Waals surface area contributed by atoms with Crippen LogP contribution in [-0.4, -0.2) is 145 Å². The molecule has 0 radical (unpaired) electrons. The molecule has 2 aliphatic heterocycles. The Bertz CT molecular complexity index is 2500. The summed E-state index contributed by atoms with van der Waals surface area (Å²) >= 11 is 25.6. The number of sulfonamides is 2. The van der Waals surface area contributed by atoms with E-state index in [2.05, 4.69) is 29.9 Å². The number of carbonyl (C=O) groups is 2. The lowest BCUT2D eigenvalue weighted by molar-refractivity contribution is -0.141. The van der Waals surface area contributed by atoms with Crippen molar-refractivity contribution in [3.8, 4) is 0 Å². The molecule has 0 aliphatic carbocycles. The smallest absolute Gasteiger partial charge is 0.240 e. The molecule has 2 amide bonds. The first-order valence-corrected chi connectivity index (χ1v) is 27.6. The quantitative estimate of drug-likeness (QED) is 0.0422. The Hall–Kier alpha value is -3.44. The molecule has 4 aromatic rings. The fraction of sp³-hybridized carbons (Fsp3) is 0.469. The maximum atomic E-state index is 13.0. The van der Waals surface area contributed by atoms with Crippen molar-refractivity contribution in [3.05, 3.63) is 126 Å². The fourth-order valence-electron chi connectivity index (χ4n) is 8.35. The molecule has 16 nitrogen and oxygen atoms in total. The zero-order valence-corrected chi connectivity index (χ0v) is 44.9. The summed E-state index contributed by atoms with van der Waals surface area (Å²) in [6, 6.07) is 20.9. The summed E-state index contributed by atoms with van der Waals surface area (Å²) in [5, 5.41) is 7.75. The highest BCUT2D eigenvalue weighted by atomic mass is 35.5. The van der Waals surface area contributed by atoms with Gasteiger partial charge in [-0.2, -0.15) is 0 Å². The average Bonchev–Trinajstić information content (AvgIpc) is 3.32. The number of halogens is 4. The van der Waals surface area contributed by atoms with Gasteiger partial charge in [-0.15, -0.1) is 0 Å². The molecule has 388 valence electrons. The molecule has 2 unspecified atom stereocenters. The number of nitrogens with zero attached hydrogens (tertiary/aromatic N) is 2. The van der Waals surface area contributed by atoms with Crippen LogP contribution in [0.3, 0.4) is 0 Å². The van der Waals surface area contributed by atoms with E-state index in [1.165, 1.54) is 13.8 Å². The molecule has 0 aromatic heterocycles. The van der Waals surface area contributed by atoms with Gasteiger partial charge in [0, 0.05) is 84.3 Å². The van der Waals surface area contributed by atoms with E-state index in [1.807, 2.05) is 50.5 Å². The Balaban J connectivity index is 0.764. The van der Waals surface area contributed by atoms with Gasteiger partial charge in [0.25, 0.3) is 0 Å². The van der Waals surface area contributed by atoms with Crippen molar-refractivity contribution in [2.45, 2.75) is 48.6 Å². The first kappa shape index (κ1) is 56.8. The van der Waals surface area contributed by atoms with E-state index >= 15 is 0 Å². The van der Waals surface area contributed by atoms with Crippen molar-refractivity contribution in [2.24, 2.45) is 5.41 Å². The maximum Gasteiger partial charge on any atom is 0.240 e. The molecular weight excluding hydrogens is 1040 g/mol. The summed E-state index contributed by atoms with van der Waals surface area (Å²) in [7, 11) is -3.51. The van der Waals surface area contributed by atoms with Crippen molar-refractivity contribution >= 4 is 78.3 Å². The van der Waals surface area contributed by atoms with E-state index in [9.17, 15) is 26.4 Å². The second kappa shape index (κ2) is 26.2. The van der Waals surface area contributed by atoms with Gasteiger partial charge in [-0.3, -0.25) is 9.59 Å². The Morgan fingerprint density at radius 2 is 0.887 bits per heavy atom. The number of carbonyl (C=O) groups excluding carboxylic acids is 2. The number of benzene rings is 4. The van der Waals surface area contributed by atoms with Crippen LogP contribution in [0.25, 0.3) is 0 Å². The number of fused-ring (bicyclic) bond motifs is 2. The highest BCUT2D eigenvalue weighted by Gasteiger charge is 2.36. The zero-order chi connectivity index (χ0) is 51.3. The Kier molecular flexibility index (Phi) is 21.0. The molecule has 2 atom stereocenters. The van der Waals surface area contributed by atoms with Crippen molar-refractivity contribution in [3.63, 3.8) is 0 Å². The second-order valence-corrected chi connectivity index (χ2v) is 23.2. The van der Waals surface area contributed by atoms with E-state index in [4.69, 9.17) is 65.4 Å². The first-order valence-electron chi connectivity index (χ1n) is 23.2. The topological polar surface area (TPSA) is 194 Å². The lowest BCUT2D eigenvalue weighted by Gasteiger charge is -2.33. The highest BCUT2D eigenvalue weighted by Crippen LogP contribution is 2.40. The van der Waals surface area contributed by atoms with E-state index in [0.29, 0.717) is 33.2 Å². The average molecular weight is 1100 g/mol. The van der Waals surface area contributed by atoms with Gasteiger partial charge in [0.2, 0.25) is 31.9 Å². The number of hydrogen-bond acceptors (Lipinski definition) is 12. The number of hydrogen-bond donors (Lipinski definition) is 4. The summed E-state index contributed by atoms with van der Waals surface area (Å²) in [6.45, 7) is 7.82. The predicted molar refractivity (Wildman–Crippen MR) is 276 cm³/mol. The third kappa shape index (κ3) is 15.8. The molecular formula is C49H62Cl4N6O10S2. The van der Waals surface area contributed by atoms with Crippen molar-refractivity contribution in [2.75, 3.05) is 106 Å². The monoisotopic (exact) mass is 1100 g/mol. The molecule has 2 aliphatic rings. The standard InChI is InChI=1S/C49H62Cl4N6O10S2/c1-49(2,47(60)54-13-17-66-21-23-68-19-15-56-70(62,63)37-9-5-33(6-10-37)41-29-58(3)31-43-39(41)25-35(50)27-45(43)52)48(61)55-14-18-67-22-24-69-20-16-57-71(64,65)38-11-7-34(8-12-38)42-30-59(4)32-44-40(42)26-36(51)28-46(44)53/h5-12,25-28,41-42,56-57H,13-24,29-32H2,1-4H3,(H,54,60)(H,55,61). The minimum atomic E-state index is -3.77. The normalized spacial score (nSPS) is 16.6. The summed E-state index contributed by atoms with van der Waals surface area (Å²) in [5.74, 6) is -0.974. The van der Waals surface area contributed by atoms with E-state index in [1.54, 1.807) is 36.4 Å². The van der Waals surface area contributed by atoms with E-state index in [0.717, 1.165) is 46.5 Å². The van der Waals surface area contributed by atoms with Crippen molar-refractivity contribution in [1.82, 2.24) is 29.9 Å². The Labute approximate surface area is 437 Å². The molecule has 0 fully saturated rings. The summed E-state index contributed by atoms with van der Waals surface area (Å²) in [4.78, 5) is 30.2. The van der Waals surface area contributed by atoms with Gasteiger partial charge in [-0.1, -0.05) is 70.7 Å². The van der Waals surface area contributed by atoms with Crippen molar-refractivity contribution < 1.29 is 45.4 Å². The molecule has 4 aromatic carbocycles. The second-order valence-electron chi connectivity index (χ2n) is 17.9. The van der Waals surface area contributed by atoms with Crippen LogP contribution in [-0.2, 0) is 61.7 Å². The maximum absolute atomic E-state index is 13.0. The van der Waals surface area contributed by atoms with Crippen LogP contribution in [0.1, 0.15) is 59.1 Å². The number of likely N-dealkylation sites (N-methyl/N-ethyl adjacent to an activating group) is 2. The van der Waals surface area contributed by atoms with Gasteiger partial charge in [0.15, 0.2) is 0 Å². The lowest BCUT2D eigenvalue weighted by Crippen LogP contribution is -2.49. The molecule has 2 heterocycles. The Morgan fingerprint density at radius 3 is 1.24 bits per heavy atom. The highest BCUT2D eigenvalue weighted by molar-refractivity contribution is 7.89. The van der Waals surface area contributed by atoms with Crippen LogP contribution >= 0.6 is 46.4 Å². The number of ether oxygens (including phenoxy) is 4. The number of amides is 2. The molecule has 0 bridgehead atoms. The number of rotatable bonds is 26. The zero-order valence-electron chi connectivity index (χ0n) is 40.2. The minimum absolute atomic E-state index is 0.0107. The third-order valence-electron chi connectivity index (χ3n) is 12.2. The van der Waals surface area contributed by atoms with Gasteiger partial charge in [-0.05, 0) is 110 Å². The van der Waals surface area contributed by atoms with Crippen LogP contribution in [0.2, 0.25) is 20.1 Å². The van der Waals surface area contributed by atoms with Gasteiger partial charge >= 0.3 is 0 Å². The summed E-state index contributed by atoms with van der Waals surface area (Å²) in [5.41, 5.74) is 4.67. The van der Waals surface area contributed by atoms with Gasteiger partial charge in [0.1, 0.15) is 5.41 Å². The van der Waals surface area contributed by atoms with Gasteiger partial charge in [0.05, 0.1) is 62.6 Å². The van der Waals surface area contributed by atoms with Crippen LogP contribution in [0.5, 0.6) is 0 Å². The van der Waals surface area contributed by atoms with Crippen molar-refractivity contribution in [1.29, 1.82) is 0 Å². The molecule has 0 spiro atoms. The van der Waals surface area contributed by atoms with Gasteiger partial charge in [-0.25, -0.2) is 26.3 Å². The predicted octanol–water partition coefficient (Wildman–Crippen LogP) is 6.04. The summed E-state index contributed by atoms with van der Waals surface area (Å²) < 4.78 is 79.0. The fourth-order valence-corrected chi connectivity index (χ4v) is 11.5. The summed E-state index contributed by atoms with van der Waals surface area (Å²) in [6.07, 6.45) is 0. The Morgan fingerprint density at radius 1 is 0.549 bits per heavy atom. The molecule has 0 saturated heterocycles. The molecule has 22 heteroatoms. The van der Waals surface area contributed by atoms with E-state index < -0.39 is 37.3 Å². The molecule has 0 saturated carbocycles. The first-order chi connectivity index (χ1) is 33.8. The van der Waals surface area contributed by atoms with E-state index in [-0.39, 0.29) is 101 Å². The number of nitrogens with one attached hydrogen (secondary N) is 4. The van der Waals surface area contributed by atoms with Gasteiger partial charge < -0.3 is 39.4 Å². The molecule has 71 heavy (non-hydrogen) atoms. The largest absolute Gasteiger partial charge is 0.378 e.